The molecule has 11 heteroatoms. The third-order valence-corrected chi connectivity index (χ3v) is 14.9. The number of cyclic esters (lactones) is 1. The molecule has 51 heavy (non-hydrogen) atoms. The zero-order valence-electron chi connectivity index (χ0n) is 29.2. The van der Waals surface area contributed by atoms with E-state index in [1.165, 1.54) is 12.1 Å². The molecule has 266 valence electrons. The number of fused-ring (bicyclic) bond motifs is 1. The molecule has 0 bridgehead atoms. The highest BCUT2D eigenvalue weighted by atomic mass is 31.2. The van der Waals surface area contributed by atoms with Crippen LogP contribution in [0.15, 0.2) is 109 Å². The van der Waals surface area contributed by atoms with Gasteiger partial charge in [0.05, 0.1) is 12.5 Å². The molecule has 1 aliphatic rings. The second-order valence-corrected chi connectivity index (χ2v) is 19.7. The molecule has 6 rings (SSSR count). The maximum atomic E-state index is 14.1. The van der Waals surface area contributed by atoms with Gasteiger partial charge < -0.3 is 28.3 Å². The number of benzene rings is 4. The van der Waals surface area contributed by atoms with Gasteiger partial charge in [0.2, 0.25) is 0 Å². The van der Waals surface area contributed by atoms with Crippen molar-refractivity contribution in [1.82, 2.24) is 4.57 Å². The lowest BCUT2D eigenvalue weighted by atomic mass is 10.00. The molecule has 0 unspecified atom stereocenters. The average Bonchev–Trinajstić information content (AvgIpc) is 3.41. The van der Waals surface area contributed by atoms with Crippen LogP contribution in [0.1, 0.15) is 46.2 Å². The van der Waals surface area contributed by atoms with E-state index in [0.717, 1.165) is 38.1 Å². The molecule has 5 aromatic rings. The van der Waals surface area contributed by atoms with Crippen LogP contribution in [0.3, 0.4) is 0 Å². The first-order valence-electron chi connectivity index (χ1n) is 17.0. The second-order valence-electron chi connectivity index (χ2n) is 13.9. The number of hydrogen-bond donors (Lipinski definition) is 2. The van der Waals surface area contributed by atoms with E-state index in [4.69, 9.17) is 13.9 Å². The predicted octanol–water partition coefficient (Wildman–Crippen LogP) is 7.65. The number of aryl methyl sites for hydroxylation is 1. The summed E-state index contributed by atoms with van der Waals surface area (Å²) in [4.78, 5) is 32.0. The Morgan fingerprint density at radius 3 is 2.16 bits per heavy atom. The van der Waals surface area contributed by atoms with Gasteiger partial charge in [-0.1, -0.05) is 93.6 Å². The van der Waals surface area contributed by atoms with Crippen LogP contribution in [0, 0.1) is 5.82 Å². The Labute approximate surface area is 298 Å². The molecule has 1 saturated heterocycles. The van der Waals surface area contributed by atoms with Gasteiger partial charge in [0.15, 0.2) is 6.35 Å². The topological polar surface area (TPSA) is 107 Å². The Morgan fingerprint density at radius 1 is 0.961 bits per heavy atom. The van der Waals surface area contributed by atoms with Gasteiger partial charge in [0.1, 0.15) is 17.7 Å². The summed E-state index contributed by atoms with van der Waals surface area (Å²) in [5.74, 6) is -0.412. The lowest BCUT2D eigenvalue weighted by molar-refractivity contribution is -0.155. The van der Waals surface area contributed by atoms with Crippen LogP contribution in [0.25, 0.3) is 28.1 Å². The number of carbonyl (C=O) groups is 1. The van der Waals surface area contributed by atoms with Gasteiger partial charge in [0, 0.05) is 35.1 Å². The number of aromatic nitrogens is 1. The number of halogens is 1. The van der Waals surface area contributed by atoms with E-state index in [2.05, 4.69) is 49.6 Å². The van der Waals surface area contributed by atoms with Crippen LogP contribution in [0.5, 0.6) is 5.75 Å². The number of nitrogens with zero attached hydrogens (tertiary/aromatic N) is 1. The molecule has 0 amide bonds. The summed E-state index contributed by atoms with van der Waals surface area (Å²) in [6.07, 6.45) is 2.71. The van der Waals surface area contributed by atoms with Gasteiger partial charge in [-0.05, 0) is 70.4 Å². The smallest absolute Gasteiger partial charge is 0.362 e. The lowest BCUT2D eigenvalue weighted by Gasteiger charge is -2.46. The molecule has 1 aromatic heterocycles. The standard InChI is InChI=1S/C40H43FNO7PSi/c1-5-42-36-22-20-30(47-27-50(44,45)46)25-35(36)39(28-16-18-29(41)19-17-28)37(42)23-21-31-24-32(26-38(43)48-31)49-51(40(2,3)4,33-12-8-6-9-13-33)34-14-10-7-11-15-34/h6-23,25,31-32H,5,24,26-27H2,1-4H3,(H2,44,45,46)/t31-,32-/m1/s1. The highest BCUT2D eigenvalue weighted by molar-refractivity contribution is 7.51. The van der Waals surface area contributed by atoms with E-state index in [0.29, 0.717) is 18.7 Å². The van der Waals surface area contributed by atoms with Crippen molar-refractivity contribution in [1.29, 1.82) is 0 Å². The fourth-order valence-corrected chi connectivity index (χ4v) is 12.2. The van der Waals surface area contributed by atoms with Crippen LogP contribution in [-0.2, 0) is 25.1 Å². The highest BCUT2D eigenvalue weighted by Gasteiger charge is 2.52. The molecular weight excluding hydrogens is 684 g/mol. The zero-order valence-corrected chi connectivity index (χ0v) is 31.1. The summed E-state index contributed by atoms with van der Waals surface area (Å²) in [6, 6.07) is 32.1. The minimum atomic E-state index is -4.40. The summed E-state index contributed by atoms with van der Waals surface area (Å²) in [5.41, 5.74) is 3.19. The Bertz CT molecular complexity index is 2030. The van der Waals surface area contributed by atoms with Crippen LogP contribution >= 0.6 is 7.60 Å². The Hall–Kier alpha value is -4.31. The molecule has 2 atom stereocenters. The molecule has 0 spiro atoms. The molecule has 4 aromatic carbocycles. The number of ether oxygens (including phenoxy) is 2. The van der Waals surface area contributed by atoms with Gasteiger partial charge in [-0.3, -0.25) is 9.36 Å². The molecule has 8 nitrogen and oxygen atoms in total. The first kappa shape index (κ1) is 36.5. The maximum absolute atomic E-state index is 14.1. The number of hydrogen-bond acceptors (Lipinski definition) is 5. The normalized spacial score (nSPS) is 17.2. The van der Waals surface area contributed by atoms with Crippen molar-refractivity contribution >= 4 is 49.2 Å². The molecular formula is C40H43FNO7PSi. The average molecular weight is 728 g/mol. The molecule has 0 radical (unpaired) electrons. The van der Waals surface area contributed by atoms with Crippen LogP contribution in [-0.4, -0.2) is 47.2 Å². The fourth-order valence-electron chi connectivity index (χ4n) is 7.18. The van der Waals surface area contributed by atoms with E-state index in [1.807, 2.05) is 61.5 Å². The van der Waals surface area contributed by atoms with E-state index >= 15 is 0 Å². The third-order valence-electron chi connectivity index (χ3n) is 9.32. The first-order valence-corrected chi connectivity index (χ1v) is 20.8. The van der Waals surface area contributed by atoms with E-state index < -0.39 is 34.5 Å². The van der Waals surface area contributed by atoms with Crippen molar-refractivity contribution in [3.05, 3.63) is 121 Å². The highest BCUT2D eigenvalue weighted by Crippen LogP contribution is 2.41. The van der Waals surface area contributed by atoms with Gasteiger partial charge >= 0.3 is 13.6 Å². The van der Waals surface area contributed by atoms with Crippen molar-refractivity contribution in [3.63, 3.8) is 0 Å². The third kappa shape index (κ3) is 7.81. The Balaban J connectivity index is 1.39. The summed E-state index contributed by atoms with van der Waals surface area (Å²) in [7, 11) is -7.33. The van der Waals surface area contributed by atoms with E-state index in [9.17, 15) is 23.5 Å². The molecule has 1 fully saturated rings. The largest absolute Gasteiger partial charge is 0.481 e. The molecule has 1 aliphatic heterocycles. The molecule has 0 saturated carbocycles. The summed E-state index contributed by atoms with van der Waals surface area (Å²) in [5, 5.41) is 2.77. The lowest BCUT2D eigenvalue weighted by Crippen LogP contribution is -2.68. The minimum absolute atomic E-state index is 0.141. The SMILES string of the molecule is CCn1c(C=C[C@@H]2C[C@@H](O[Si](c3ccccc3)(c3ccccc3)C(C)(C)C)CC(=O)O2)c(-c2ccc(F)cc2)c2cc(OCP(=O)(O)O)ccc21. The quantitative estimate of drug-likeness (QED) is 0.0818. The van der Waals surface area contributed by atoms with E-state index in [1.54, 1.807) is 24.3 Å². The monoisotopic (exact) mass is 727 g/mol. The molecule has 2 N–H and O–H groups in total. The van der Waals surface area contributed by atoms with Crippen LogP contribution in [0.4, 0.5) is 4.39 Å². The Kier molecular flexibility index (Phi) is 10.5. The predicted molar refractivity (Wildman–Crippen MR) is 201 cm³/mol. The van der Waals surface area contributed by atoms with Crippen LogP contribution < -0.4 is 15.1 Å². The van der Waals surface area contributed by atoms with Crippen molar-refractivity contribution in [2.75, 3.05) is 6.35 Å². The van der Waals surface area contributed by atoms with Gasteiger partial charge in [-0.15, -0.1) is 0 Å². The summed E-state index contributed by atoms with van der Waals surface area (Å²) in [6.45, 7) is 9.23. The van der Waals surface area contributed by atoms with Gasteiger partial charge in [0.25, 0.3) is 8.32 Å². The van der Waals surface area contributed by atoms with Crippen molar-refractivity contribution < 1.29 is 37.4 Å². The van der Waals surface area contributed by atoms with Crippen molar-refractivity contribution in [2.24, 2.45) is 0 Å². The zero-order chi connectivity index (χ0) is 36.4. The first-order chi connectivity index (χ1) is 24.3. The number of rotatable bonds is 11. The van der Waals surface area contributed by atoms with Crippen LogP contribution in [0.2, 0.25) is 5.04 Å². The number of esters is 1. The fraction of sp³-hybridized carbons (Fsp3) is 0.275. The summed E-state index contributed by atoms with van der Waals surface area (Å²) >= 11 is 0. The van der Waals surface area contributed by atoms with Crippen molar-refractivity contribution in [2.45, 2.75) is 64.3 Å². The second kappa shape index (κ2) is 14.7. The Morgan fingerprint density at radius 2 is 1.59 bits per heavy atom. The van der Waals surface area contributed by atoms with Crippen molar-refractivity contribution in [3.8, 4) is 16.9 Å². The molecule has 0 aliphatic carbocycles. The minimum Gasteiger partial charge on any atom is -0.481 e. The van der Waals surface area contributed by atoms with Gasteiger partial charge in [-0.25, -0.2) is 4.39 Å². The summed E-state index contributed by atoms with van der Waals surface area (Å²) < 4.78 is 46.4. The maximum Gasteiger partial charge on any atom is 0.362 e. The number of carbonyl (C=O) groups excluding carboxylic acids is 1. The van der Waals surface area contributed by atoms with Gasteiger partial charge in [-0.2, -0.15) is 0 Å². The van der Waals surface area contributed by atoms with E-state index in [-0.39, 0.29) is 23.2 Å². The molecule has 2 heterocycles.